The molecule has 0 spiro atoms. The molecule has 2 rings (SSSR count). The highest BCUT2D eigenvalue weighted by Crippen LogP contribution is 2.36. The van der Waals surface area contributed by atoms with E-state index in [-0.39, 0.29) is 23.2 Å². The van der Waals surface area contributed by atoms with Crippen LogP contribution in [-0.2, 0) is 12.4 Å². The molecule has 0 atom stereocenters. The Kier molecular flexibility index (Phi) is 7.66. The minimum absolute atomic E-state index is 0.0336. The maximum Gasteiger partial charge on any atom is 0.416 e. The van der Waals surface area contributed by atoms with Gasteiger partial charge in [-0.3, -0.25) is 9.59 Å². The molecule has 0 bridgehead atoms. The van der Waals surface area contributed by atoms with Crippen LogP contribution in [0.3, 0.4) is 0 Å². The van der Waals surface area contributed by atoms with Crippen LogP contribution in [0.1, 0.15) is 45.7 Å². The van der Waals surface area contributed by atoms with Crippen molar-refractivity contribution >= 4 is 23.2 Å². The zero-order valence-electron chi connectivity index (χ0n) is 18.3. The Morgan fingerprint density at radius 1 is 0.879 bits per heavy atom. The topological polar surface area (TPSA) is 61.4 Å². The van der Waals surface area contributed by atoms with Gasteiger partial charge in [0.1, 0.15) is 0 Å². The van der Waals surface area contributed by atoms with Crippen LogP contribution < -0.4 is 15.5 Å². The molecule has 0 heterocycles. The second-order valence-corrected chi connectivity index (χ2v) is 7.98. The molecule has 0 aromatic heterocycles. The smallest absolute Gasteiger partial charge is 0.377 e. The fraction of sp³-hybridized carbons (Fsp3) is 0.364. The molecule has 0 aliphatic carbocycles. The molecule has 180 valence electrons. The number of benzene rings is 2. The lowest BCUT2D eigenvalue weighted by atomic mass is 10.0. The van der Waals surface area contributed by atoms with Gasteiger partial charge in [-0.2, -0.15) is 26.3 Å². The van der Waals surface area contributed by atoms with Gasteiger partial charge in [-0.25, -0.2) is 0 Å². The quantitative estimate of drug-likeness (QED) is 0.548. The van der Waals surface area contributed by atoms with Crippen LogP contribution >= 0.6 is 0 Å². The van der Waals surface area contributed by atoms with Gasteiger partial charge in [0.15, 0.2) is 0 Å². The Morgan fingerprint density at radius 3 is 1.88 bits per heavy atom. The summed E-state index contributed by atoms with van der Waals surface area (Å²) in [6, 6.07) is 4.84. The molecule has 2 amide bonds. The lowest BCUT2D eigenvalue weighted by Crippen LogP contribution is -2.29. The van der Waals surface area contributed by atoms with Gasteiger partial charge in [-0.05, 0) is 42.3 Å². The normalized spacial score (nSPS) is 12.0. The minimum atomic E-state index is -5.08. The maximum absolute atomic E-state index is 13.1. The summed E-state index contributed by atoms with van der Waals surface area (Å²) < 4.78 is 78.4. The third kappa shape index (κ3) is 6.87. The van der Waals surface area contributed by atoms with E-state index in [0.29, 0.717) is 24.4 Å². The molecule has 0 aliphatic heterocycles. The number of nitrogens with zero attached hydrogens (tertiary/aromatic N) is 1. The zero-order chi connectivity index (χ0) is 25.1. The third-order valence-corrected chi connectivity index (χ3v) is 4.50. The first-order chi connectivity index (χ1) is 15.1. The summed E-state index contributed by atoms with van der Waals surface area (Å²) in [5.41, 5.74) is -3.30. The summed E-state index contributed by atoms with van der Waals surface area (Å²) in [5.74, 6) is -1.46. The summed E-state index contributed by atoms with van der Waals surface area (Å²) in [6.45, 7) is 4.18. The lowest BCUT2D eigenvalue weighted by molar-refractivity contribution is -0.143. The molecule has 0 saturated carbocycles. The van der Waals surface area contributed by atoms with E-state index in [0.717, 1.165) is 0 Å². The predicted octanol–water partition coefficient (Wildman–Crippen LogP) is 5.43. The van der Waals surface area contributed by atoms with Crippen molar-refractivity contribution in [3.05, 3.63) is 58.7 Å². The van der Waals surface area contributed by atoms with Crippen LogP contribution in [0.4, 0.5) is 37.7 Å². The summed E-state index contributed by atoms with van der Waals surface area (Å²) >= 11 is 0. The van der Waals surface area contributed by atoms with Gasteiger partial charge < -0.3 is 15.5 Å². The number of hydrogen-bond donors (Lipinski definition) is 2. The molecule has 0 radical (unpaired) electrons. The van der Waals surface area contributed by atoms with Crippen LogP contribution in [-0.4, -0.2) is 32.5 Å². The Morgan fingerprint density at radius 2 is 1.42 bits per heavy atom. The van der Waals surface area contributed by atoms with E-state index in [4.69, 9.17) is 0 Å². The molecule has 0 fully saturated rings. The summed E-state index contributed by atoms with van der Waals surface area (Å²) in [4.78, 5) is 26.8. The molecular weight excluding hydrogens is 452 g/mol. The van der Waals surface area contributed by atoms with Crippen molar-refractivity contribution in [3.63, 3.8) is 0 Å². The zero-order valence-corrected chi connectivity index (χ0v) is 18.3. The molecule has 11 heteroatoms. The summed E-state index contributed by atoms with van der Waals surface area (Å²) in [5, 5.41) is 5.00. The second kappa shape index (κ2) is 9.72. The number of alkyl halides is 6. The first-order valence-electron chi connectivity index (χ1n) is 9.80. The minimum Gasteiger partial charge on any atom is -0.377 e. The van der Waals surface area contributed by atoms with Gasteiger partial charge in [-0.1, -0.05) is 13.8 Å². The number of carbonyl (C=O) groups excluding carboxylic acids is 2. The van der Waals surface area contributed by atoms with Crippen molar-refractivity contribution in [1.29, 1.82) is 0 Å². The fourth-order valence-corrected chi connectivity index (χ4v) is 2.87. The average molecular weight is 475 g/mol. The molecule has 2 N–H and O–H groups in total. The molecular formula is C22H23F6N3O2. The number of halogens is 6. The number of hydrogen-bond acceptors (Lipinski definition) is 3. The van der Waals surface area contributed by atoms with Crippen molar-refractivity contribution in [1.82, 2.24) is 5.32 Å². The average Bonchev–Trinajstić information content (AvgIpc) is 2.70. The van der Waals surface area contributed by atoms with Gasteiger partial charge in [0, 0.05) is 37.6 Å². The van der Waals surface area contributed by atoms with E-state index in [1.165, 1.54) is 18.2 Å². The third-order valence-electron chi connectivity index (χ3n) is 4.50. The van der Waals surface area contributed by atoms with Gasteiger partial charge >= 0.3 is 12.4 Å². The highest BCUT2D eigenvalue weighted by molar-refractivity contribution is 6.06. The number of anilines is 2. The molecule has 0 aliphatic rings. The molecule has 0 unspecified atom stereocenters. The van der Waals surface area contributed by atoms with Gasteiger partial charge in [0.2, 0.25) is 0 Å². The fourth-order valence-electron chi connectivity index (χ4n) is 2.87. The molecule has 0 saturated heterocycles. The van der Waals surface area contributed by atoms with Crippen molar-refractivity contribution < 1.29 is 35.9 Å². The Bertz CT molecular complexity index is 998. The largest absolute Gasteiger partial charge is 0.416 e. The van der Waals surface area contributed by atoms with Gasteiger partial charge in [-0.15, -0.1) is 0 Å². The van der Waals surface area contributed by atoms with E-state index >= 15 is 0 Å². The van der Waals surface area contributed by atoms with Crippen LogP contribution in [0.2, 0.25) is 0 Å². The van der Waals surface area contributed by atoms with E-state index in [1.807, 2.05) is 13.8 Å². The highest BCUT2D eigenvalue weighted by atomic mass is 19.4. The van der Waals surface area contributed by atoms with Crippen LogP contribution in [0, 0.1) is 5.92 Å². The van der Waals surface area contributed by atoms with Gasteiger partial charge in [0.25, 0.3) is 11.8 Å². The van der Waals surface area contributed by atoms with E-state index < -0.39 is 40.9 Å². The van der Waals surface area contributed by atoms with E-state index in [1.54, 1.807) is 19.0 Å². The number of nitrogens with one attached hydrogen (secondary N) is 2. The van der Waals surface area contributed by atoms with E-state index in [9.17, 15) is 35.9 Å². The maximum atomic E-state index is 13.1. The van der Waals surface area contributed by atoms with Crippen molar-refractivity contribution in [2.75, 3.05) is 30.9 Å². The summed E-state index contributed by atoms with van der Waals surface area (Å²) in [6.07, 6.45) is -10.2. The first-order valence-corrected chi connectivity index (χ1v) is 9.80. The highest BCUT2D eigenvalue weighted by Gasteiger charge is 2.37. The van der Waals surface area contributed by atoms with E-state index in [2.05, 4.69) is 10.6 Å². The predicted molar refractivity (Wildman–Crippen MR) is 112 cm³/mol. The lowest BCUT2D eigenvalue weighted by Gasteiger charge is -2.19. The number of carbonyl (C=O) groups is 2. The molecule has 2 aromatic carbocycles. The molecule has 33 heavy (non-hydrogen) atoms. The monoisotopic (exact) mass is 475 g/mol. The second-order valence-electron chi connectivity index (χ2n) is 7.98. The number of rotatable bonds is 6. The van der Waals surface area contributed by atoms with Crippen LogP contribution in [0.15, 0.2) is 36.4 Å². The standard InChI is InChI=1S/C22H23F6N3O2/c1-12(2)11-29-20(33)17-10-16(5-6-18(17)31(3)4)30-19(32)13-7-14(21(23,24)25)9-15(8-13)22(26,27)28/h5-10,12H,11H2,1-4H3,(H,29,33)(H,30,32). The van der Waals surface area contributed by atoms with Crippen molar-refractivity contribution in [2.24, 2.45) is 5.92 Å². The van der Waals surface area contributed by atoms with Crippen molar-refractivity contribution in [2.45, 2.75) is 26.2 Å². The Labute approximate surface area is 186 Å². The number of amides is 2. The SMILES string of the molecule is CC(C)CNC(=O)c1cc(NC(=O)c2cc(C(F)(F)F)cc(C(F)(F)F)c2)ccc1N(C)C. The Hall–Kier alpha value is -3.24. The summed E-state index contributed by atoms with van der Waals surface area (Å²) in [7, 11) is 3.38. The van der Waals surface area contributed by atoms with Crippen LogP contribution in [0.25, 0.3) is 0 Å². The Balaban J connectivity index is 2.42. The van der Waals surface area contributed by atoms with Crippen LogP contribution in [0.5, 0.6) is 0 Å². The first kappa shape index (κ1) is 26.0. The molecule has 2 aromatic rings. The van der Waals surface area contributed by atoms with Crippen molar-refractivity contribution in [3.8, 4) is 0 Å². The van der Waals surface area contributed by atoms with Gasteiger partial charge in [0.05, 0.1) is 16.7 Å². The molecule has 5 nitrogen and oxygen atoms in total.